The number of unbranched alkanes of at least 4 members (excludes halogenated alkanes) is 43. The number of aliphatic carboxylic acids is 1. The number of carboxylic acids is 1. The van der Waals surface area contributed by atoms with E-state index in [4.69, 9.17) is 9.84 Å². The molecule has 0 saturated carbocycles. The lowest BCUT2D eigenvalue weighted by Gasteiger charge is -2.05. The monoisotopic (exact) mass is 811 g/mol. The Labute approximate surface area is 361 Å². The van der Waals surface area contributed by atoms with Gasteiger partial charge in [0.05, 0.1) is 0 Å². The lowest BCUT2D eigenvalue weighted by Crippen LogP contribution is -2.07. The van der Waals surface area contributed by atoms with Crippen LogP contribution in [0.25, 0.3) is 0 Å². The largest absolute Gasteiger partial charge is 0.481 e. The molecule has 4 heteroatoms. The maximum absolute atomic E-state index is 11.9. The number of carbonyl (C=O) groups excluding carboxylic acids is 1. The van der Waals surface area contributed by atoms with Crippen LogP contribution >= 0.6 is 0 Å². The SMILES string of the molecule is O=C(O)CCCCCCCCCCCCCCCCCCCCCCCCCCCCCCCCCCCCCCCCCCCCCCC(=O)Oc1ccccc1. The van der Waals surface area contributed by atoms with Crippen LogP contribution in [0.3, 0.4) is 0 Å². The van der Waals surface area contributed by atoms with E-state index in [2.05, 4.69) is 0 Å². The number of hydrogen-bond acceptors (Lipinski definition) is 3. The molecule has 0 aromatic heterocycles. The van der Waals surface area contributed by atoms with Crippen molar-refractivity contribution in [2.45, 2.75) is 295 Å². The summed E-state index contributed by atoms with van der Waals surface area (Å²) in [6.45, 7) is 0. The molecule has 4 nitrogen and oxygen atoms in total. The van der Waals surface area contributed by atoms with Crippen molar-refractivity contribution in [3.05, 3.63) is 30.3 Å². The number of rotatable bonds is 48. The lowest BCUT2D eigenvalue weighted by molar-refractivity contribution is -0.137. The Morgan fingerprint density at radius 1 is 0.293 bits per heavy atom. The molecule has 0 spiro atoms. The summed E-state index contributed by atoms with van der Waals surface area (Å²) in [5, 5.41) is 8.67. The first-order valence-electron chi connectivity index (χ1n) is 26.2. The Morgan fingerprint density at radius 2 is 0.483 bits per heavy atom. The van der Waals surface area contributed by atoms with Gasteiger partial charge < -0.3 is 9.84 Å². The number of carboxylic acid groups (broad SMARTS) is 1. The molecule has 0 radical (unpaired) electrons. The number of carbonyl (C=O) groups is 2. The Hall–Kier alpha value is -1.84. The first-order chi connectivity index (χ1) is 28.7. The van der Waals surface area contributed by atoms with E-state index in [0.29, 0.717) is 18.6 Å². The van der Waals surface area contributed by atoms with Gasteiger partial charge in [0.1, 0.15) is 5.75 Å². The normalized spacial score (nSPS) is 11.4. The molecule has 1 N–H and O–H groups in total. The van der Waals surface area contributed by atoms with Crippen molar-refractivity contribution in [1.82, 2.24) is 0 Å². The van der Waals surface area contributed by atoms with Gasteiger partial charge in [-0.1, -0.05) is 288 Å². The molecular formula is C54H98O4. The molecule has 0 bridgehead atoms. The molecule has 0 heterocycles. The van der Waals surface area contributed by atoms with Crippen LogP contribution < -0.4 is 4.74 Å². The highest BCUT2D eigenvalue weighted by molar-refractivity contribution is 5.72. The van der Waals surface area contributed by atoms with Gasteiger partial charge in [0, 0.05) is 12.8 Å². The zero-order chi connectivity index (χ0) is 41.5. The number of ether oxygens (including phenoxy) is 1. The van der Waals surface area contributed by atoms with Crippen molar-refractivity contribution in [3.8, 4) is 5.75 Å². The predicted molar refractivity (Wildman–Crippen MR) is 252 cm³/mol. The molecule has 0 unspecified atom stereocenters. The number of benzene rings is 1. The van der Waals surface area contributed by atoms with Crippen LogP contribution in [0.4, 0.5) is 0 Å². The smallest absolute Gasteiger partial charge is 0.311 e. The van der Waals surface area contributed by atoms with Crippen molar-refractivity contribution < 1.29 is 19.4 Å². The second-order valence-corrected chi connectivity index (χ2v) is 18.2. The Kier molecular flexibility index (Phi) is 43.2. The van der Waals surface area contributed by atoms with E-state index in [9.17, 15) is 9.59 Å². The summed E-state index contributed by atoms with van der Waals surface area (Å²) in [6.07, 6.45) is 61.8. The van der Waals surface area contributed by atoms with Crippen LogP contribution in [0.15, 0.2) is 30.3 Å². The standard InChI is InChI=1S/C54H98O4/c55-53(56)50-46-41-39-37-35-33-31-29-27-25-23-21-19-17-15-13-11-9-7-5-3-1-2-4-6-8-10-12-14-16-18-20-22-24-26-28-30-32-34-36-38-40-42-47-51-54(57)58-52-48-44-43-45-49-52/h43-45,48-49H,1-42,46-47,50-51H2,(H,55,56). The Balaban J connectivity index is 1.61. The van der Waals surface area contributed by atoms with Gasteiger partial charge in [-0.2, -0.15) is 0 Å². The fourth-order valence-electron chi connectivity index (χ4n) is 8.64. The summed E-state index contributed by atoms with van der Waals surface area (Å²) in [4.78, 5) is 22.4. The van der Waals surface area contributed by atoms with Crippen LogP contribution in [0.5, 0.6) is 5.75 Å². The van der Waals surface area contributed by atoms with Gasteiger partial charge in [-0.15, -0.1) is 0 Å². The number of esters is 1. The average Bonchev–Trinajstić information content (AvgIpc) is 3.22. The van der Waals surface area contributed by atoms with Gasteiger partial charge in [0.15, 0.2) is 0 Å². The van der Waals surface area contributed by atoms with Crippen LogP contribution in [0, 0.1) is 0 Å². The molecule has 0 saturated heterocycles. The molecule has 1 rings (SSSR count). The van der Waals surface area contributed by atoms with Gasteiger partial charge in [0.2, 0.25) is 0 Å². The van der Waals surface area contributed by atoms with E-state index in [-0.39, 0.29) is 5.97 Å². The maximum atomic E-state index is 11.9. The minimum atomic E-state index is -0.650. The fraction of sp³-hybridized carbons (Fsp3) is 0.852. The van der Waals surface area contributed by atoms with Gasteiger partial charge in [-0.25, -0.2) is 0 Å². The molecule has 58 heavy (non-hydrogen) atoms. The summed E-state index contributed by atoms with van der Waals surface area (Å²) in [5.74, 6) is -0.0986. The van der Waals surface area contributed by atoms with Crippen LogP contribution in [-0.2, 0) is 9.59 Å². The molecule has 1 aromatic rings. The fourth-order valence-corrected chi connectivity index (χ4v) is 8.64. The van der Waals surface area contributed by atoms with Crippen LogP contribution in [0.2, 0.25) is 0 Å². The van der Waals surface area contributed by atoms with Crippen molar-refractivity contribution >= 4 is 11.9 Å². The molecule has 0 amide bonds. The summed E-state index contributed by atoms with van der Waals surface area (Å²) in [5.41, 5.74) is 0. The number of para-hydroxylation sites is 1. The summed E-state index contributed by atoms with van der Waals surface area (Å²) in [7, 11) is 0. The predicted octanol–water partition coefficient (Wildman–Crippen LogP) is 18.6. The second kappa shape index (κ2) is 46.2. The highest BCUT2D eigenvalue weighted by Gasteiger charge is 2.04. The van der Waals surface area contributed by atoms with E-state index in [1.807, 2.05) is 30.3 Å². The maximum Gasteiger partial charge on any atom is 0.311 e. The van der Waals surface area contributed by atoms with E-state index in [1.54, 1.807) is 0 Å². The van der Waals surface area contributed by atoms with Crippen molar-refractivity contribution in [2.24, 2.45) is 0 Å². The van der Waals surface area contributed by atoms with Gasteiger partial charge >= 0.3 is 11.9 Å². The van der Waals surface area contributed by atoms with Gasteiger partial charge in [-0.05, 0) is 25.0 Å². The molecule has 0 aliphatic carbocycles. The van der Waals surface area contributed by atoms with E-state index < -0.39 is 5.97 Å². The Bertz CT molecular complexity index is 961. The summed E-state index contributed by atoms with van der Waals surface area (Å²) >= 11 is 0. The molecular weight excluding hydrogens is 713 g/mol. The molecule has 0 aliphatic rings. The highest BCUT2D eigenvalue weighted by atomic mass is 16.5. The van der Waals surface area contributed by atoms with Gasteiger partial charge in [-0.3, -0.25) is 9.59 Å². The highest BCUT2D eigenvalue weighted by Crippen LogP contribution is 2.19. The van der Waals surface area contributed by atoms with Gasteiger partial charge in [0.25, 0.3) is 0 Å². The van der Waals surface area contributed by atoms with E-state index in [0.717, 1.165) is 25.7 Å². The molecule has 1 aromatic carbocycles. The van der Waals surface area contributed by atoms with Crippen molar-refractivity contribution in [3.63, 3.8) is 0 Å². The Morgan fingerprint density at radius 3 is 0.690 bits per heavy atom. The molecule has 338 valence electrons. The molecule has 0 aliphatic heterocycles. The van der Waals surface area contributed by atoms with Crippen molar-refractivity contribution in [2.75, 3.05) is 0 Å². The summed E-state index contributed by atoms with van der Waals surface area (Å²) < 4.78 is 5.36. The topological polar surface area (TPSA) is 63.6 Å². The third-order valence-electron chi connectivity index (χ3n) is 12.5. The minimum absolute atomic E-state index is 0.103. The van der Waals surface area contributed by atoms with Crippen molar-refractivity contribution in [1.29, 1.82) is 0 Å². The quantitative estimate of drug-likeness (QED) is 0.0404. The first-order valence-corrected chi connectivity index (χ1v) is 26.2. The third-order valence-corrected chi connectivity index (χ3v) is 12.5. The number of hydrogen-bond donors (Lipinski definition) is 1. The zero-order valence-electron chi connectivity index (χ0n) is 38.6. The second-order valence-electron chi connectivity index (χ2n) is 18.2. The van der Waals surface area contributed by atoms with E-state index in [1.165, 1.54) is 257 Å². The first kappa shape index (κ1) is 54.2. The molecule has 0 atom stereocenters. The zero-order valence-corrected chi connectivity index (χ0v) is 38.6. The average molecular weight is 811 g/mol. The minimum Gasteiger partial charge on any atom is -0.481 e. The lowest BCUT2D eigenvalue weighted by atomic mass is 10.0. The van der Waals surface area contributed by atoms with Crippen LogP contribution in [0.1, 0.15) is 295 Å². The van der Waals surface area contributed by atoms with Crippen LogP contribution in [-0.4, -0.2) is 17.0 Å². The van der Waals surface area contributed by atoms with E-state index >= 15 is 0 Å². The third kappa shape index (κ3) is 43.7. The molecule has 0 fully saturated rings. The summed E-state index contributed by atoms with van der Waals surface area (Å²) in [6, 6.07) is 9.39.